The predicted octanol–water partition coefficient (Wildman–Crippen LogP) is 0.622. The highest BCUT2D eigenvalue weighted by Gasteiger charge is 2.23. The molecule has 1 unspecified atom stereocenters. The van der Waals surface area contributed by atoms with Crippen molar-refractivity contribution in [1.29, 1.82) is 0 Å². The minimum absolute atomic E-state index is 0.142. The van der Waals surface area contributed by atoms with Gasteiger partial charge in [-0.25, -0.2) is 0 Å². The third kappa shape index (κ3) is 2.61. The summed E-state index contributed by atoms with van der Waals surface area (Å²) in [5.74, 6) is 0.991. The van der Waals surface area contributed by atoms with Gasteiger partial charge in [0.1, 0.15) is 0 Å². The summed E-state index contributed by atoms with van der Waals surface area (Å²) in [7, 11) is 0. The van der Waals surface area contributed by atoms with Crippen LogP contribution in [0.25, 0.3) is 0 Å². The predicted molar refractivity (Wildman–Crippen MR) is 79.0 cm³/mol. The summed E-state index contributed by atoms with van der Waals surface area (Å²) in [5, 5.41) is 6.50. The molecule has 1 atom stereocenters. The van der Waals surface area contributed by atoms with Crippen molar-refractivity contribution in [1.82, 2.24) is 15.5 Å². The Morgan fingerprint density at radius 1 is 1.45 bits per heavy atom. The summed E-state index contributed by atoms with van der Waals surface area (Å²) < 4.78 is 0. The number of carbonyl (C=O) groups is 1. The van der Waals surface area contributed by atoms with Crippen molar-refractivity contribution in [2.75, 3.05) is 26.2 Å². The minimum Gasteiger partial charge on any atom is -0.355 e. The van der Waals surface area contributed by atoms with Gasteiger partial charge in [-0.2, -0.15) is 0 Å². The van der Waals surface area contributed by atoms with Gasteiger partial charge in [-0.15, -0.1) is 0 Å². The third-order valence-corrected chi connectivity index (χ3v) is 3.77. The Kier molecular flexibility index (Phi) is 3.58. The maximum atomic E-state index is 12.3. The second-order valence-corrected chi connectivity index (χ2v) is 5.36. The summed E-state index contributed by atoms with van der Waals surface area (Å²) in [6, 6.07) is 8.29. The number of carbonyl (C=O) groups excluding carboxylic acids is 1. The lowest BCUT2D eigenvalue weighted by Crippen LogP contribution is -2.45. The van der Waals surface area contributed by atoms with Crippen molar-refractivity contribution in [3.05, 3.63) is 35.4 Å². The molecule has 1 aromatic carbocycles. The second kappa shape index (κ2) is 5.53. The molecule has 2 aliphatic heterocycles. The number of hydrogen-bond donors (Lipinski definition) is 2. The lowest BCUT2D eigenvalue weighted by atomic mass is 9.99. The molecular weight excluding hydrogens is 252 g/mol. The van der Waals surface area contributed by atoms with Crippen LogP contribution in [0.3, 0.4) is 0 Å². The summed E-state index contributed by atoms with van der Waals surface area (Å²) in [6.45, 7) is 5.16. The van der Waals surface area contributed by atoms with Crippen LogP contribution in [0, 0.1) is 0 Å². The van der Waals surface area contributed by atoms with E-state index in [1.165, 1.54) is 0 Å². The molecule has 5 nitrogen and oxygen atoms in total. The van der Waals surface area contributed by atoms with Crippen LogP contribution in [-0.2, 0) is 6.42 Å². The van der Waals surface area contributed by atoms with E-state index in [2.05, 4.69) is 22.5 Å². The van der Waals surface area contributed by atoms with Crippen molar-refractivity contribution in [3.8, 4) is 0 Å². The normalized spacial score (nSPS) is 21.2. The van der Waals surface area contributed by atoms with Crippen LogP contribution >= 0.6 is 0 Å². The number of aliphatic imine (C=N–C) groups is 1. The standard InChI is InChI=1S/C15H20N4O/c1-11-10-17-15(18-11)16-7-9-19-8-6-12-4-2-3-5-13(12)14(19)20/h2-5,11H,6-10H2,1H3,(H2,16,17,18). The summed E-state index contributed by atoms with van der Waals surface area (Å²) >= 11 is 0. The number of fused-ring (bicyclic) bond motifs is 1. The zero-order valence-electron chi connectivity index (χ0n) is 11.7. The van der Waals surface area contributed by atoms with Crippen molar-refractivity contribution in [3.63, 3.8) is 0 Å². The molecule has 1 amide bonds. The monoisotopic (exact) mass is 272 g/mol. The van der Waals surface area contributed by atoms with Crippen LogP contribution in [0.4, 0.5) is 0 Å². The molecule has 0 saturated carbocycles. The van der Waals surface area contributed by atoms with Crippen LogP contribution < -0.4 is 10.6 Å². The quantitative estimate of drug-likeness (QED) is 0.848. The molecule has 0 aliphatic carbocycles. The Labute approximate surface area is 119 Å². The Morgan fingerprint density at radius 2 is 2.30 bits per heavy atom. The first-order chi connectivity index (χ1) is 9.74. The van der Waals surface area contributed by atoms with Crippen LogP contribution in [0.1, 0.15) is 22.8 Å². The molecule has 0 spiro atoms. The number of amides is 1. The Morgan fingerprint density at radius 3 is 3.10 bits per heavy atom. The van der Waals surface area contributed by atoms with E-state index in [9.17, 15) is 4.79 Å². The van der Waals surface area contributed by atoms with E-state index in [4.69, 9.17) is 0 Å². The SMILES string of the molecule is CC1CN=C(NCCN2CCc3ccccc3C2=O)N1. The zero-order chi connectivity index (χ0) is 13.9. The van der Waals surface area contributed by atoms with Gasteiger partial charge in [0.15, 0.2) is 5.96 Å². The zero-order valence-corrected chi connectivity index (χ0v) is 11.7. The molecule has 106 valence electrons. The maximum Gasteiger partial charge on any atom is 0.254 e. The van der Waals surface area contributed by atoms with Gasteiger partial charge in [0.2, 0.25) is 0 Å². The number of nitrogens with one attached hydrogen (secondary N) is 2. The lowest BCUT2D eigenvalue weighted by Gasteiger charge is -2.28. The number of benzene rings is 1. The summed E-state index contributed by atoms with van der Waals surface area (Å²) in [6.07, 6.45) is 0.943. The van der Waals surface area contributed by atoms with Crippen molar-refractivity contribution < 1.29 is 4.79 Å². The first kappa shape index (κ1) is 13.0. The molecule has 5 heteroatoms. The molecule has 2 heterocycles. The highest BCUT2D eigenvalue weighted by atomic mass is 16.2. The van der Waals surface area contributed by atoms with Crippen LogP contribution in [-0.4, -0.2) is 49.0 Å². The van der Waals surface area contributed by atoms with E-state index in [0.29, 0.717) is 12.6 Å². The largest absolute Gasteiger partial charge is 0.355 e. The van der Waals surface area contributed by atoms with Gasteiger partial charge in [0.05, 0.1) is 6.54 Å². The Bertz CT molecular complexity index is 540. The van der Waals surface area contributed by atoms with E-state index in [1.54, 1.807) is 0 Å². The minimum atomic E-state index is 0.142. The third-order valence-electron chi connectivity index (χ3n) is 3.77. The molecule has 0 saturated heterocycles. The average Bonchev–Trinajstić information content (AvgIpc) is 2.87. The lowest BCUT2D eigenvalue weighted by molar-refractivity contribution is 0.0743. The number of rotatable bonds is 3. The molecule has 0 fully saturated rings. The van der Waals surface area contributed by atoms with Gasteiger partial charge in [0, 0.05) is 31.2 Å². The van der Waals surface area contributed by atoms with Gasteiger partial charge in [0.25, 0.3) is 5.91 Å². The summed E-state index contributed by atoms with van der Waals surface area (Å²) in [4.78, 5) is 18.6. The molecule has 0 bridgehead atoms. The fraction of sp³-hybridized carbons (Fsp3) is 0.467. The van der Waals surface area contributed by atoms with Gasteiger partial charge in [-0.3, -0.25) is 9.79 Å². The fourth-order valence-corrected chi connectivity index (χ4v) is 2.66. The van der Waals surface area contributed by atoms with Crippen molar-refractivity contribution in [2.24, 2.45) is 4.99 Å². The molecule has 0 aromatic heterocycles. The highest BCUT2D eigenvalue weighted by molar-refractivity contribution is 5.96. The number of hydrogen-bond acceptors (Lipinski definition) is 4. The van der Waals surface area contributed by atoms with E-state index in [-0.39, 0.29) is 5.91 Å². The van der Waals surface area contributed by atoms with E-state index < -0.39 is 0 Å². The molecular formula is C15H20N4O. The molecule has 0 radical (unpaired) electrons. The van der Waals surface area contributed by atoms with Gasteiger partial charge in [-0.1, -0.05) is 18.2 Å². The smallest absolute Gasteiger partial charge is 0.254 e. The molecule has 2 aliphatic rings. The summed E-state index contributed by atoms with van der Waals surface area (Å²) in [5.41, 5.74) is 2.01. The number of nitrogens with zero attached hydrogens (tertiary/aromatic N) is 2. The Balaban J connectivity index is 1.53. The van der Waals surface area contributed by atoms with Gasteiger partial charge >= 0.3 is 0 Å². The Hall–Kier alpha value is -2.04. The van der Waals surface area contributed by atoms with Crippen LogP contribution in [0.15, 0.2) is 29.3 Å². The molecule has 1 aromatic rings. The molecule has 20 heavy (non-hydrogen) atoms. The van der Waals surface area contributed by atoms with E-state index >= 15 is 0 Å². The van der Waals surface area contributed by atoms with Crippen LogP contribution in [0.2, 0.25) is 0 Å². The maximum absolute atomic E-state index is 12.3. The first-order valence-corrected chi connectivity index (χ1v) is 7.16. The van der Waals surface area contributed by atoms with E-state index in [1.807, 2.05) is 29.2 Å². The van der Waals surface area contributed by atoms with Gasteiger partial charge < -0.3 is 15.5 Å². The number of guanidine groups is 1. The van der Waals surface area contributed by atoms with Crippen LogP contribution in [0.5, 0.6) is 0 Å². The highest BCUT2D eigenvalue weighted by Crippen LogP contribution is 2.17. The van der Waals surface area contributed by atoms with E-state index in [0.717, 1.165) is 43.1 Å². The van der Waals surface area contributed by atoms with Crippen molar-refractivity contribution in [2.45, 2.75) is 19.4 Å². The average molecular weight is 272 g/mol. The fourth-order valence-electron chi connectivity index (χ4n) is 2.66. The van der Waals surface area contributed by atoms with Crippen molar-refractivity contribution >= 4 is 11.9 Å². The molecule has 3 rings (SSSR count). The topological polar surface area (TPSA) is 56.7 Å². The molecule has 2 N–H and O–H groups in total. The second-order valence-electron chi connectivity index (χ2n) is 5.36. The van der Waals surface area contributed by atoms with Gasteiger partial charge in [-0.05, 0) is 25.0 Å². The first-order valence-electron chi connectivity index (χ1n) is 7.16.